The van der Waals surface area contributed by atoms with Gasteiger partial charge in [-0.25, -0.2) is 0 Å². The molecule has 4 nitrogen and oxygen atoms in total. The van der Waals surface area contributed by atoms with Crippen LogP contribution in [0.15, 0.2) is 48.5 Å². The Bertz CT molecular complexity index is 779. The third-order valence-electron chi connectivity index (χ3n) is 4.88. The zero-order valence-corrected chi connectivity index (χ0v) is 15.3. The number of Topliss-reactive ketones (excluding diaryl/α,β-unsaturated/α-hetero) is 1. The predicted molar refractivity (Wildman–Crippen MR) is 105 cm³/mol. The van der Waals surface area contributed by atoms with E-state index in [4.69, 9.17) is 0 Å². The highest BCUT2D eigenvalue weighted by atomic mass is 16.1. The average molecular weight is 350 g/mol. The number of benzene rings is 2. The van der Waals surface area contributed by atoms with Gasteiger partial charge in [0.15, 0.2) is 5.78 Å². The van der Waals surface area contributed by atoms with Crippen molar-refractivity contribution in [3.8, 4) is 11.1 Å². The number of likely N-dealkylation sites (tertiary alicyclic amines) is 1. The van der Waals surface area contributed by atoms with Crippen molar-refractivity contribution in [3.05, 3.63) is 59.7 Å². The number of hydrogen-bond acceptors (Lipinski definition) is 3. The van der Waals surface area contributed by atoms with Crippen LogP contribution in [0.25, 0.3) is 11.1 Å². The zero-order valence-electron chi connectivity index (χ0n) is 15.3. The SMILES string of the molecule is CC(=O)c1ccccc1-c1cccc(C(=O)NCCCN2CCCC2)c1. The van der Waals surface area contributed by atoms with Crippen LogP contribution in [-0.2, 0) is 0 Å². The molecule has 136 valence electrons. The van der Waals surface area contributed by atoms with Crippen LogP contribution in [0, 0.1) is 0 Å². The molecule has 1 heterocycles. The minimum absolute atomic E-state index is 0.0253. The van der Waals surface area contributed by atoms with Gasteiger partial charge in [0.05, 0.1) is 0 Å². The Kier molecular flexibility index (Phi) is 6.18. The molecule has 0 spiro atoms. The second kappa shape index (κ2) is 8.77. The molecule has 0 bridgehead atoms. The minimum atomic E-state index is -0.0615. The van der Waals surface area contributed by atoms with Gasteiger partial charge in [0, 0.05) is 17.7 Å². The van der Waals surface area contributed by atoms with Crippen LogP contribution in [0.4, 0.5) is 0 Å². The molecule has 0 atom stereocenters. The van der Waals surface area contributed by atoms with Crippen LogP contribution in [0.1, 0.15) is 46.9 Å². The van der Waals surface area contributed by atoms with Gasteiger partial charge in [0.2, 0.25) is 0 Å². The monoisotopic (exact) mass is 350 g/mol. The third-order valence-corrected chi connectivity index (χ3v) is 4.88. The molecule has 0 unspecified atom stereocenters. The first-order chi connectivity index (χ1) is 12.6. The number of hydrogen-bond donors (Lipinski definition) is 1. The lowest BCUT2D eigenvalue weighted by molar-refractivity contribution is 0.0951. The smallest absolute Gasteiger partial charge is 0.251 e. The predicted octanol–water partition coefficient (Wildman–Crippen LogP) is 3.77. The lowest BCUT2D eigenvalue weighted by atomic mass is 9.96. The molecule has 1 N–H and O–H groups in total. The second-order valence-electron chi connectivity index (χ2n) is 6.84. The van der Waals surface area contributed by atoms with Crippen LogP contribution in [-0.4, -0.2) is 42.8 Å². The lowest BCUT2D eigenvalue weighted by Gasteiger charge is -2.14. The van der Waals surface area contributed by atoms with Crippen LogP contribution in [0.5, 0.6) is 0 Å². The van der Waals surface area contributed by atoms with E-state index in [1.54, 1.807) is 6.92 Å². The molecule has 1 fully saturated rings. The summed E-state index contributed by atoms with van der Waals surface area (Å²) in [4.78, 5) is 26.8. The second-order valence-corrected chi connectivity index (χ2v) is 6.84. The van der Waals surface area contributed by atoms with Crippen molar-refractivity contribution in [1.82, 2.24) is 10.2 Å². The fourth-order valence-electron chi connectivity index (χ4n) is 3.48. The maximum Gasteiger partial charge on any atom is 0.251 e. The van der Waals surface area contributed by atoms with E-state index in [0.717, 1.165) is 24.1 Å². The van der Waals surface area contributed by atoms with Gasteiger partial charge in [-0.05, 0) is 69.1 Å². The number of carbonyl (C=O) groups is 2. The maximum atomic E-state index is 12.5. The molecule has 0 radical (unpaired) electrons. The number of rotatable bonds is 7. The summed E-state index contributed by atoms with van der Waals surface area (Å²) in [5, 5.41) is 3.01. The standard InChI is InChI=1S/C22H26N2O2/c1-17(25)20-10-2-3-11-21(20)18-8-6-9-19(16-18)22(26)23-12-7-15-24-13-4-5-14-24/h2-3,6,8-11,16H,4-5,7,12-15H2,1H3,(H,23,26). The zero-order chi connectivity index (χ0) is 18.4. The van der Waals surface area contributed by atoms with Crippen molar-refractivity contribution in [2.24, 2.45) is 0 Å². The Hall–Kier alpha value is -2.46. The van der Waals surface area contributed by atoms with Crippen molar-refractivity contribution in [2.75, 3.05) is 26.2 Å². The highest BCUT2D eigenvalue weighted by Gasteiger charge is 2.12. The van der Waals surface area contributed by atoms with E-state index in [9.17, 15) is 9.59 Å². The molecule has 1 aliphatic rings. The number of nitrogens with one attached hydrogen (secondary N) is 1. The van der Waals surface area contributed by atoms with E-state index in [1.807, 2.05) is 48.5 Å². The van der Waals surface area contributed by atoms with Crippen LogP contribution >= 0.6 is 0 Å². The number of carbonyl (C=O) groups excluding carboxylic acids is 2. The van der Waals surface area contributed by atoms with E-state index in [1.165, 1.54) is 25.9 Å². The third kappa shape index (κ3) is 4.58. The molecule has 2 aromatic rings. The van der Waals surface area contributed by atoms with Gasteiger partial charge in [0.25, 0.3) is 5.91 Å². The Morgan fingerprint density at radius 1 is 1.04 bits per heavy atom. The molecule has 0 aromatic heterocycles. The molecule has 4 heteroatoms. The molecule has 26 heavy (non-hydrogen) atoms. The van der Waals surface area contributed by atoms with Gasteiger partial charge < -0.3 is 10.2 Å². The summed E-state index contributed by atoms with van der Waals surface area (Å²) in [6.45, 7) is 5.67. The van der Waals surface area contributed by atoms with Crippen molar-refractivity contribution >= 4 is 11.7 Å². The quantitative estimate of drug-likeness (QED) is 0.611. The minimum Gasteiger partial charge on any atom is -0.352 e. The van der Waals surface area contributed by atoms with Crippen LogP contribution in [0.3, 0.4) is 0 Å². The Morgan fingerprint density at radius 3 is 2.58 bits per heavy atom. The fourth-order valence-corrected chi connectivity index (χ4v) is 3.48. The number of amides is 1. The van der Waals surface area contributed by atoms with Crippen molar-refractivity contribution in [1.29, 1.82) is 0 Å². The van der Waals surface area contributed by atoms with Gasteiger partial charge in [-0.3, -0.25) is 9.59 Å². The molecule has 1 saturated heterocycles. The average Bonchev–Trinajstić information content (AvgIpc) is 3.18. The van der Waals surface area contributed by atoms with E-state index in [2.05, 4.69) is 10.2 Å². The highest BCUT2D eigenvalue weighted by molar-refractivity contribution is 6.02. The summed E-state index contributed by atoms with van der Waals surface area (Å²) in [6.07, 6.45) is 3.56. The largest absolute Gasteiger partial charge is 0.352 e. The first-order valence-electron chi connectivity index (χ1n) is 9.36. The summed E-state index contributed by atoms with van der Waals surface area (Å²) in [7, 11) is 0. The molecule has 2 aromatic carbocycles. The van der Waals surface area contributed by atoms with Crippen molar-refractivity contribution < 1.29 is 9.59 Å². The van der Waals surface area contributed by atoms with Gasteiger partial charge in [-0.15, -0.1) is 0 Å². The van der Waals surface area contributed by atoms with E-state index < -0.39 is 0 Å². The Labute approximate surface area is 155 Å². The summed E-state index contributed by atoms with van der Waals surface area (Å²) < 4.78 is 0. The van der Waals surface area contributed by atoms with Gasteiger partial charge in [-0.2, -0.15) is 0 Å². The molecular formula is C22H26N2O2. The lowest BCUT2D eigenvalue weighted by Crippen LogP contribution is -2.28. The molecular weight excluding hydrogens is 324 g/mol. The molecule has 1 amide bonds. The molecule has 0 saturated carbocycles. The summed E-state index contributed by atoms with van der Waals surface area (Å²) in [5.74, 6) is -0.0362. The maximum absolute atomic E-state index is 12.5. The normalized spacial score (nSPS) is 14.3. The number of ketones is 1. The van der Waals surface area contributed by atoms with Crippen molar-refractivity contribution in [2.45, 2.75) is 26.2 Å². The van der Waals surface area contributed by atoms with Crippen LogP contribution in [0.2, 0.25) is 0 Å². The molecule has 0 aliphatic carbocycles. The summed E-state index contributed by atoms with van der Waals surface area (Å²) in [6, 6.07) is 15.0. The van der Waals surface area contributed by atoms with Gasteiger partial charge >= 0.3 is 0 Å². The first-order valence-corrected chi connectivity index (χ1v) is 9.36. The van der Waals surface area contributed by atoms with E-state index in [0.29, 0.717) is 17.7 Å². The molecule has 1 aliphatic heterocycles. The Balaban J connectivity index is 1.63. The summed E-state index contributed by atoms with van der Waals surface area (Å²) >= 11 is 0. The first kappa shape index (κ1) is 18.3. The highest BCUT2D eigenvalue weighted by Crippen LogP contribution is 2.25. The van der Waals surface area contributed by atoms with E-state index in [-0.39, 0.29) is 11.7 Å². The Morgan fingerprint density at radius 2 is 1.81 bits per heavy atom. The molecule has 3 rings (SSSR count). The van der Waals surface area contributed by atoms with E-state index >= 15 is 0 Å². The fraction of sp³-hybridized carbons (Fsp3) is 0.364. The van der Waals surface area contributed by atoms with Gasteiger partial charge in [-0.1, -0.05) is 36.4 Å². The van der Waals surface area contributed by atoms with Crippen molar-refractivity contribution in [3.63, 3.8) is 0 Å². The topological polar surface area (TPSA) is 49.4 Å². The van der Waals surface area contributed by atoms with Crippen LogP contribution < -0.4 is 5.32 Å². The van der Waals surface area contributed by atoms with Gasteiger partial charge in [0.1, 0.15) is 0 Å². The summed E-state index contributed by atoms with van der Waals surface area (Å²) in [5.41, 5.74) is 3.06. The number of nitrogens with zero attached hydrogens (tertiary/aromatic N) is 1.